The summed E-state index contributed by atoms with van der Waals surface area (Å²) in [4.78, 5) is 4.22. The summed E-state index contributed by atoms with van der Waals surface area (Å²) in [7, 11) is -1.83. The Morgan fingerprint density at radius 2 is 2.13 bits per heavy atom. The van der Waals surface area contributed by atoms with Crippen LogP contribution < -0.4 is 11.1 Å². The summed E-state index contributed by atoms with van der Waals surface area (Å²) in [6.45, 7) is 3.65. The normalized spacial score (nSPS) is 12.2. The maximum atomic E-state index is 12.2. The Labute approximate surface area is 160 Å². The molecule has 9 heteroatoms. The average molecular weight is 474 g/mol. The lowest BCUT2D eigenvalue weighted by Crippen LogP contribution is -2.39. The van der Waals surface area contributed by atoms with Crippen LogP contribution in [0.2, 0.25) is 0 Å². The largest absolute Gasteiger partial charge is 0.370 e. The van der Waals surface area contributed by atoms with E-state index in [1.807, 2.05) is 0 Å². The standard InChI is InChI=1S/C14H26N4O2S2.HI/c1-3-4-5-6-9-16-14(15)17-10-11-18(2)22(19,20)13-8-7-12-21-13;/h7-8,12H,3-6,9-11H2,1-2H3,(H3,15,16,17);1H. The van der Waals surface area contributed by atoms with E-state index in [4.69, 9.17) is 5.73 Å². The number of hydrogen-bond acceptors (Lipinski definition) is 4. The molecule has 0 fully saturated rings. The first kappa shape index (κ1) is 22.6. The van der Waals surface area contributed by atoms with E-state index >= 15 is 0 Å². The molecule has 0 saturated carbocycles. The van der Waals surface area contributed by atoms with Crippen LogP contribution in [-0.2, 0) is 10.0 Å². The van der Waals surface area contributed by atoms with Gasteiger partial charge in [0, 0.05) is 26.7 Å². The summed E-state index contributed by atoms with van der Waals surface area (Å²) < 4.78 is 26.1. The minimum Gasteiger partial charge on any atom is -0.370 e. The molecule has 1 aromatic rings. The highest BCUT2D eigenvalue weighted by Crippen LogP contribution is 2.19. The molecule has 0 aromatic carbocycles. The zero-order chi connectivity index (χ0) is 16.4. The predicted octanol–water partition coefficient (Wildman–Crippen LogP) is 2.47. The molecule has 0 bridgehead atoms. The molecule has 0 aliphatic heterocycles. The molecule has 0 spiro atoms. The Balaban J connectivity index is 0.00000484. The summed E-state index contributed by atoms with van der Waals surface area (Å²) in [5.74, 6) is 0.374. The van der Waals surface area contributed by atoms with Crippen LogP contribution in [0.3, 0.4) is 0 Å². The number of likely N-dealkylation sites (N-methyl/N-ethyl adjacent to an activating group) is 1. The summed E-state index contributed by atoms with van der Waals surface area (Å²) in [5, 5.41) is 4.70. The summed E-state index contributed by atoms with van der Waals surface area (Å²) in [6, 6.07) is 3.34. The van der Waals surface area contributed by atoms with Gasteiger partial charge in [-0.25, -0.2) is 8.42 Å². The Morgan fingerprint density at radius 3 is 2.74 bits per heavy atom. The fourth-order valence-electron chi connectivity index (χ4n) is 1.82. The first-order valence-electron chi connectivity index (χ1n) is 7.52. The minimum atomic E-state index is -3.39. The van der Waals surface area contributed by atoms with Crippen LogP contribution in [0.25, 0.3) is 0 Å². The number of halogens is 1. The number of hydrogen-bond donors (Lipinski definition) is 2. The van der Waals surface area contributed by atoms with Crippen molar-refractivity contribution >= 4 is 51.3 Å². The van der Waals surface area contributed by atoms with Gasteiger partial charge in [-0.15, -0.1) is 35.3 Å². The molecule has 0 atom stereocenters. The van der Waals surface area contributed by atoms with Crippen molar-refractivity contribution in [1.82, 2.24) is 9.62 Å². The first-order chi connectivity index (χ1) is 10.5. The van der Waals surface area contributed by atoms with Crippen molar-refractivity contribution < 1.29 is 8.42 Å². The molecule has 1 aromatic heterocycles. The average Bonchev–Trinajstić information content (AvgIpc) is 3.01. The monoisotopic (exact) mass is 474 g/mol. The van der Waals surface area contributed by atoms with E-state index in [2.05, 4.69) is 17.2 Å². The fourth-order valence-corrected chi connectivity index (χ4v) is 4.19. The lowest BCUT2D eigenvalue weighted by atomic mass is 10.2. The van der Waals surface area contributed by atoms with E-state index < -0.39 is 10.0 Å². The van der Waals surface area contributed by atoms with Gasteiger partial charge in [0.2, 0.25) is 0 Å². The number of nitrogens with zero attached hydrogens (tertiary/aromatic N) is 2. The van der Waals surface area contributed by atoms with Gasteiger partial charge in [-0.2, -0.15) is 4.31 Å². The SMILES string of the molecule is CCCCCCN=C(N)NCCN(C)S(=O)(=O)c1cccs1.I. The molecule has 0 unspecified atom stereocenters. The van der Waals surface area contributed by atoms with Gasteiger partial charge in [0.05, 0.1) is 0 Å². The van der Waals surface area contributed by atoms with Crippen molar-refractivity contribution in [3.63, 3.8) is 0 Å². The van der Waals surface area contributed by atoms with E-state index in [1.54, 1.807) is 24.6 Å². The molecule has 6 nitrogen and oxygen atoms in total. The van der Waals surface area contributed by atoms with Crippen LogP contribution in [0.5, 0.6) is 0 Å². The van der Waals surface area contributed by atoms with Crippen LogP contribution in [0.1, 0.15) is 32.6 Å². The van der Waals surface area contributed by atoms with Gasteiger partial charge < -0.3 is 11.1 Å². The van der Waals surface area contributed by atoms with Crippen LogP contribution in [0.4, 0.5) is 0 Å². The van der Waals surface area contributed by atoms with Crippen LogP contribution >= 0.6 is 35.3 Å². The lowest BCUT2D eigenvalue weighted by molar-refractivity contribution is 0.472. The highest BCUT2D eigenvalue weighted by Gasteiger charge is 2.20. The molecule has 1 heterocycles. The number of thiophene rings is 1. The van der Waals surface area contributed by atoms with Crippen molar-refractivity contribution in [1.29, 1.82) is 0 Å². The predicted molar refractivity (Wildman–Crippen MR) is 108 cm³/mol. The summed E-state index contributed by atoms with van der Waals surface area (Å²) >= 11 is 1.22. The summed E-state index contributed by atoms with van der Waals surface area (Å²) in [5.41, 5.74) is 5.75. The van der Waals surface area contributed by atoms with Gasteiger partial charge in [-0.05, 0) is 17.9 Å². The number of rotatable bonds is 10. The number of aliphatic imine (C=N–C) groups is 1. The zero-order valence-electron chi connectivity index (χ0n) is 13.7. The fraction of sp³-hybridized carbons (Fsp3) is 0.643. The van der Waals surface area contributed by atoms with E-state index in [0.717, 1.165) is 12.8 Å². The first-order valence-corrected chi connectivity index (χ1v) is 9.84. The zero-order valence-corrected chi connectivity index (χ0v) is 17.7. The molecular formula is C14H27IN4O2S2. The highest BCUT2D eigenvalue weighted by molar-refractivity contribution is 14.0. The molecular weight excluding hydrogens is 447 g/mol. The van der Waals surface area contributed by atoms with Crippen LogP contribution in [-0.4, -0.2) is 45.4 Å². The van der Waals surface area contributed by atoms with E-state index in [-0.39, 0.29) is 24.0 Å². The third-order valence-corrected chi connectivity index (χ3v) is 6.42. The topological polar surface area (TPSA) is 87.8 Å². The minimum absolute atomic E-state index is 0. The molecule has 0 saturated heterocycles. The third kappa shape index (κ3) is 8.32. The Morgan fingerprint density at radius 1 is 1.39 bits per heavy atom. The van der Waals surface area contributed by atoms with Gasteiger partial charge >= 0.3 is 0 Å². The van der Waals surface area contributed by atoms with Crippen LogP contribution in [0, 0.1) is 0 Å². The van der Waals surface area contributed by atoms with E-state index in [9.17, 15) is 8.42 Å². The van der Waals surface area contributed by atoms with Crippen molar-refractivity contribution in [2.75, 3.05) is 26.7 Å². The number of guanidine groups is 1. The highest BCUT2D eigenvalue weighted by atomic mass is 127. The number of unbranched alkanes of at least 4 members (excludes halogenated alkanes) is 3. The lowest BCUT2D eigenvalue weighted by Gasteiger charge is -2.16. The smallest absolute Gasteiger partial charge is 0.252 e. The van der Waals surface area contributed by atoms with Crippen molar-refractivity contribution in [3.05, 3.63) is 17.5 Å². The molecule has 0 amide bonds. The Bertz CT molecular complexity index is 547. The van der Waals surface area contributed by atoms with Crippen molar-refractivity contribution in [2.24, 2.45) is 10.7 Å². The van der Waals surface area contributed by atoms with Gasteiger partial charge in [-0.3, -0.25) is 4.99 Å². The van der Waals surface area contributed by atoms with E-state index in [0.29, 0.717) is 29.8 Å². The third-order valence-electron chi connectivity index (χ3n) is 3.19. The maximum absolute atomic E-state index is 12.2. The molecule has 0 aliphatic carbocycles. The number of sulfonamides is 1. The Hall–Kier alpha value is -0.390. The van der Waals surface area contributed by atoms with Gasteiger partial charge in [0.15, 0.2) is 5.96 Å². The van der Waals surface area contributed by atoms with E-state index in [1.165, 1.54) is 28.5 Å². The Kier molecular flexibility index (Phi) is 11.8. The van der Waals surface area contributed by atoms with Crippen LogP contribution in [0.15, 0.2) is 26.7 Å². The molecule has 134 valence electrons. The summed E-state index contributed by atoms with van der Waals surface area (Å²) in [6.07, 6.45) is 4.61. The van der Waals surface area contributed by atoms with Gasteiger partial charge in [0.1, 0.15) is 4.21 Å². The molecule has 1 rings (SSSR count). The number of nitrogens with one attached hydrogen (secondary N) is 1. The molecule has 23 heavy (non-hydrogen) atoms. The second-order valence-electron chi connectivity index (χ2n) is 5.01. The second kappa shape index (κ2) is 12.0. The second-order valence-corrected chi connectivity index (χ2v) is 8.23. The van der Waals surface area contributed by atoms with Crippen molar-refractivity contribution in [3.8, 4) is 0 Å². The van der Waals surface area contributed by atoms with Gasteiger partial charge in [-0.1, -0.05) is 32.3 Å². The quantitative estimate of drug-likeness (QED) is 0.236. The molecule has 3 N–H and O–H groups in total. The van der Waals surface area contributed by atoms with Crippen molar-refractivity contribution in [2.45, 2.75) is 36.8 Å². The van der Waals surface area contributed by atoms with Gasteiger partial charge in [0.25, 0.3) is 10.0 Å². The molecule has 0 radical (unpaired) electrons. The molecule has 0 aliphatic rings. The maximum Gasteiger partial charge on any atom is 0.252 e. The number of nitrogens with two attached hydrogens (primary N) is 1.